The van der Waals surface area contributed by atoms with E-state index >= 15 is 0 Å². The predicted molar refractivity (Wildman–Crippen MR) is 86.7 cm³/mol. The Labute approximate surface area is 133 Å². The Balaban J connectivity index is 1.89. The molecule has 1 heterocycles. The zero-order chi connectivity index (χ0) is 16.0. The summed E-state index contributed by atoms with van der Waals surface area (Å²) < 4.78 is 0. The minimum Gasteiger partial charge on any atom is -0.269 e. The lowest BCUT2D eigenvalue weighted by Crippen LogP contribution is -2.32. The number of imide groups is 1. The maximum Gasteiger partial charge on any atom is 0.261 e. The minimum atomic E-state index is -0.253. The number of rotatable bonds is 1. The number of amides is 2. The molecule has 4 nitrogen and oxygen atoms in total. The molecule has 23 heavy (non-hydrogen) atoms. The summed E-state index contributed by atoms with van der Waals surface area (Å²) in [6.45, 7) is 0. The van der Waals surface area contributed by atoms with Gasteiger partial charge in [-0.05, 0) is 37.1 Å². The normalized spacial score (nSPS) is 17.6. The smallest absolute Gasteiger partial charge is 0.261 e. The van der Waals surface area contributed by atoms with Crippen LogP contribution in [0.1, 0.15) is 31.2 Å². The van der Waals surface area contributed by atoms with E-state index in [1.165, 1.54) is 4.90 Å². The zero-order valence-corrected chi connectivity index (χ0v) is 12.5. The molecule has 0 saturated carbocycles. The summed E-state index contributed by atoms with van der Waals surface area (Å²) in [5.41, 5.74) is 2.05. The van der Waals surface area contributed by atoms with Gasteiger partial charge in [0.25, 0.3) is 11.8 Å². The molecule has 0 aromatic heterocycles. The summed E-state index contributed by atoms with van der Waals surface area (Å²) >= 11 is 0. The van der Waals surface area contributed by atoms with E-state index in [1.807, 2.05) is 30.3 Å². The fraction of sp³-hybridized carbons (Fsp3) is 0.211. The van der Waals surface area contributed by atoms with Crippen LogP contribution < -0.4 is 4.90 Å². The number of benzene rings is 2. The van der Waals surface area contributed by atoms with Crippen LogP contribution in [-0.2, 0) is 9.59 Å². The van der Waals surface area contributed by atoms with Crippen molar-refractivity contribution in [3.63, 3.8) is 0 Å². The van der Waals surface area contributed by atoms with Gasteiger partial charge in [-0.1, -0.05) is 30.3 Å². The third kappa shape index (κ3) is 1.90. The van der Waals surface area contributed by atoms with Crippen molar-refractivity contribution in [2.24, 2.45) is 0 Å². The molecule has 1 aliphatic carbocycles. The highest BCUT2D eigenvalue weighted by atomic mass is 16.2. The quantitative estimate of drug-likeness (QED) is 0.758. The molecular formula is C19H14N2O2. The van der Waals surface area contributed by atoms with Crippen LogP contribution in [-0.4, -0.2) is 11.8 Å². The predicted octanol–water partition coefficient (Wildman–Crippen LogP) is 3.46. The van der Waals surface area contributed by atoms with Crippen molar-refractivity contribution in [2.75, 3.05) is 4.90 Å². The van der Waals surface area contributed by atoms with Crippen LogP contribution >= 0.6 is 0 Å². The van der Waals surface area contributed by atoms with Crippen molar-refractivity contribution in [2.45, 2.75) is 25.7 Å². The first-order valence-electron chi connectivity index (χ1n) is 7.75. The summed E-state index contributed by atoms with van der Waals surface area (Å²) in [6, 6.07) is 13.2. The van der Waals surface area contributed by atoms with Crippen LogP contribution in [0.2, 0.25) is 0 Å². The molecule has 2 amide bonds. The van der Waals surface area contributed by atoms with Gasteiger partial charge in [0, 0.05) is 16.5 Å². The summed E-state index contributed by atoms with van der Waals surface area (Å²) in [4.78, 5) is 26.6. The molecule has 0 radical (unpaired) electrons. The molecule has 4 rings (SSSR count). The van der Waals surface area contributed by atoms with Gasteiger partial charge in [0.05, 0.1) is 11.3 Å². The van der Waals surface area contributed by atoms with Crippen LogP contribution in [0.4, 0.5) is 5.69 Å². The first-order valence-corrected chi connectivity index (χ1v) is 7.75. The maximum absolute atomic E-state index is 12.7. The van der Waals surface area contributed by atoms with Crippen molar-refractivity contribution in [1.82, 2.24) is 0 Å². The Morgan fingerprint density at radius 3 is 2.22 bits per heavy atom. The van der Waals surface area contributed by atoms with Crippen molar-refractivity contribution >= 4 is 28.3 Å². The van der Waals surface area contributed by atoms with Crippen molar-refractivity contribution in [3.05, 3.63) is 53.1 Å². The molecule has 112 valence electrons. The Morgan fingerprint density at radius 1 is 0.913 bits per heavy atom. The zero-order valence-electron chi connectivity index (χ0n) is 12.5. The monoisotopic (exact) mass is 302 g/mol. The van der Waals surface area contributed by atoms with Crippen LogP contribution in [0.25, 0.3) is 10.8 Å². The number of hydrogen-bond donors (Lipinski definition) is 0. The topological polar surface area (TPSA) is 61.2 Å². The van der Waals surface area contributed by atoms with Gasteiger partial charge in [0.2, 0.25) is 0 Å². The molecule has 0 atom stereocenters. The van der Waals surface area contributed by atoms with E-state index in [9.17, 15) is 14.9 Å². The first-order chi connectivity index (χ1) is 11.2. The second kappa shape index (κ2) is 5.06. The number of carbonyl (C=O) groups excluding carboxylic acids is 2. The van der Waals surface area contributed by atoms with Gasteiger partial charge in [0.1, 0.15) is 6.07 Å². The fourth-order valence-corrected chi connectivity index (χ4v) is 3.52. The van der Waals surface area contributed by atoms with E-state index in [4.69, 9.17) is 0 Å². The molecule has 4 heteroatoms. The van der Waals surface area contributed by atoms with Crippen LogP contribution in [0.15, 0.2) is 47.5 Å². The SMILES string of the molecule is N#Cc1c(N2C(=O)C3=C(CCCC3)C2=O)ccc2ccccc12. The molecule has 0 N–H and O–H groups in total. The Morgan fingerprint density at radius 2 is 1.57 bits per heavy atom. The Bertz CT molecular complexity index is 906. The third-order valence-electron chi connectivity index (χ3n) is 4.65. The maximum atomic E-state index is 12.7. The van der Waals surface area contributed by atoms with E-state index in [1.54, 1.807) is 6.07 Å². The lowest BCUT2D eigenvalue weighted by atomic mass is 9.93. The second-order valence-electron chi connectivity index (χ2n) is 5.90. The van der Waals surface area contributed by atoms with Gasteiger partial charge < -0.3 is 0 Å². The van der Waals surface area contributed by atoms with E-state index in [-0.39, 0.29) is 11.8 Å². The minimum absolute atomic E-state index is 0.253. The summed E-state index contributed by atoms with van der Waals surface area (Å²) in [6.07, 6.45) is 3.20. The van der Waals surface area contributed by atoms with Gasteiger partial charge in [0.15, 0.2) is 0 Å². The fourth-order valence-electron chi connectivity index (χ4n) is 3.52. The summed E-state index contributed by atoms with van der Waals surface area (Å²) in [5, 5.41) is 11.3. The van der Waals surface area contributed by atoms with Gasteiger partial charge in [-0.2, -0.15) is 5.26 Å². The number of hydrogen-bond acceptors (Lipinski definition) is 3. The molecule has 0 saturated heterocycles. The van der Waals surface area contributed by atoms with E-state index in [0.29, 0.717) is 35.2 Å². The van der Waals surface area contributed by atoms with E-state index < -0.39 is 0 Å². The highest BCUT2D eigenvalue weighted by Gasteiger charge is 2.40. The lowest BCUT2D eigenvalue weighted by molar-refractivity contribution is -0.120. The third-order valence-corrected chi connectivity index (χ3v) is 4.65. The summed E-state index contributed by atoms with van der Waals surface area (Å²) in [7, 11) is 0. The van der Waals surface area contributed by atoms with E-state index in [2.05, 4.69) is 6.07 Å². The average Bonchev–Trinajstić information content (AvgIpc) is 2.85. The highest BCUT2D eigenvalue weighted by Crippen LogP contribution is 2.38. The Hall–Kier alpha value is -2.93. The molecular weight excluding hydrogens is 288 g/mol. The number of nitriles is 1. The lowest BCUT2D eigenvalue weighted by Gasteiger charge is -2.17. The van der Waals surface area contributed by atoms with Gasteiger partial charge in [-0.3, -0.25) is 9.59 Å². The molecule has 0 fully saturated rings. The van der Waals surface area contributed by atoms with Gasteiger partial charge >= 0.3 is 0 Å². The largest absolute Gasteiger partial charge is 0.269 e. The second-order valence-corrected chi connectivity index (χ2v) is 5.90. The van der Waals surface area contributed by atoms with Crippen molar-refractivity contribution in [1.29, 1.82) is 5.26 Å². The highest BCUT2D eigenvalue weighted by molar-refractivity contribution is 6.33. The molecule has 2 aromatic carbocycles. The molecule has 1 aliphatic heterocycles. The number of fused-ring (bicyclic) bond motifs is 1. The average molecular weight is 302 g/mol. The van der Waals surface area contributed by atoms with Gasteiger partial charge in [-0.15, -0.1) is 0 Å². The van der Waals surface area contributed by atoms with Gasteiger partial charge in [-0.25, -0.2) is 4.90 Å². The standard InChI is InChI=1S/C19H14N2O2/c20-11-16-13-6-2-1-5-12(13)9-10-17(16)21-18(22)14-7-3-4-8-15(14)19(21)23/h1-2,5-6,9-10H,3-4,7-8H2. The molecule has 0 bridgehead atoms. The number of carbonyl (C=O) groups is 2. The van der Waals surface area contributed by atoms with Crippen LogP contribution in [0, 0.1) is 11.3 Å². The van der Waals surface area contributed by atoms with Crippen molar-refractivity contribution < 1.29 is 9.59 Å². The molecule has 2 aromatic rings. The molecule has 0 unspecified atom stereocenters. The van der Waals surface area contributed by atoms with Crippen LogP contribution in [0.5, 0.6) is 0 Å². The molecule has 2 aliphatic rings. The summed E-state index contributed by atoms with van der Waals surface area (Å²) in [5.74, 6) is -0.507. The molecule has 0 spiro atoms. The first kappa shape index (κ1) is 13.7. The number of nitrogens with zero attached hydrogens (tertiary/aromatic N) is 2. The van der Waals surface area contributed by atoms with Crippen molar-refractivity contribution in [3.8, 4) is 6.07 Å². The van der Waals surface area contributed by atoms with Crippen LogP contribution in [0.3, 0.4) is 0 Å². The number of anilines is 1. The Kier molecular flexibility index (Phi) is 3.02. The van der Waals surface area contributed by atoms with E-state index in [0.717, 1.165) is 23.6 Å².